The first-order valence-corrected chi connectivity index (χ1v) is 7.75. The van der Waals surface area contributed by atoms with Crippen LogP contribution >= 0.6 is 0 Å². The zero-order valence-corrected chi connectivity index (χ0v) is 14.3. The van der Waals surface area contributed by atoms with Crippen molar-refractivity contribution in [1.82, 2.24) is 9.55 Å². The fourth-order valence-corrected chi connectivity index (χ4v) is 2.65. The van der Waals surface area contributed by atoms with Gasteiger partial charge in [-0.2, -0.15) is 5.26 Å². The molecule has 0 aliphatic rings. The number of aliphatic imine (C=N–C) groups is 1. The maximum Gasteiger partial charge on any atom is 0.148 e. The molecule has 0 spiro atoms. The molecule has 3 aromatic rings. The normalized spacial score (nSPS) is 12.2. The SMILES string of the molecule is COc1ccc(N=CC(C#N)c2nc3ccccc3n2C)c(OC)c1. The highest BCUT2D eigenvalue weighted by Gasteiger charge is 2.16. The average Bonchev–Trinajstić information content (AvgIpc) is 2.99. The van der Waals surface area contributed by atoms with Crippen LogP contribution in [0.25, 0.3) is 11.0 Å². The second-order valence-corrected chi connectivity index (χ2v) is 5.44. The fourth-order valence-electron chi connectivity index (χ4n) is 2.65. The fraction of sp³-hybridized carbons (Fsp3) is 0.211. The first-order chi connectivity index (χ1) is 12.2. The number of rotatable bonds is 5. The molecule has 6 nitrogen and oxygen atoms in total. The molecule has 1 aromatic heterocycles. The Morgan fingerprint density at radius 2 is 2.00 bits per heavy atom. The topological polar surface area (TPSA) is 72.4 Å². The number of nitrogens with zero attached hydrogens (tertiary/aromatic N) is 4. The number of benzene rings is 2. The number of aromatic nitrogens is 2. The van der Waals surface area contributed by atoms with Gasteiger partial charge in [0.2, 0.25) is 0 Å². The number of imidazole rings is 1. The van der Waals surface area contributed by atoms with Crippen molar-refractivity contribution in [2.75, 3.05) is 14.2 Å². The molecule has 6 heteroatoms. The van der Waals surface area contributed by atoms with Crippen LogP contribution in [0.15, 0.2) is 47.5 Å². The largest absolute Gasteiger partial charge is 0.497 e. The highest BCUT2D eigenvalue weighted by Crippen LogP contribution is 2.31. The third-order valence-electron chi connectivity index (χ3n) is 3.99. The molecule has 0 saturated carbocycles. The number of nitriles is 1. The molecule has 1 heterocycles. The van der Waals surface area contributed by atoms with Crippen LogP contribution in [-0.4, -0.2) is 30.0 Å². The van der Waals surface area contributed by atoms with Crippen molar-refractivity contribution in [3.05, 3.63) is 48.3 Å². The van der Waals surface area contributed by atoms with E-state index in [0.717, 1.165) is 11.0 Å². The molecule has 0 bridgehead atoms. The van der Waals surface area contributed by atoms with Crippen LogP contribution in [0.1, 0.15) is 11.7 Å². The maximum absolute atomic E-state index is 9.57. The molecule has 3 rings (SSSR count). The third kappa shape index (κ3) is 3.17. The van der Waals surface area contributed by atoms with Crippen molar-refractivity contribution in [2.24, 2.45) is 12.0 Å². The molecule has 1 unspecified atom stereocenters. The van der Waals surface area contributed by atoms with Gasteiger partial charge in [0.15, 0.2) is 0 Å². The summed E-state index contributed by atoms with van der Waals surface area (Å²) in [5, 5.41) is 9.57. The van der Waals surface area contributed by atoms with Gasteiger partial charge in [0.25, 0.3) is 0 Å². The summed E-state index contributed by atoms with van der Waals surface area (Å²) in [7, 11) is 5.06. The lowest BCUT2D eigenvalue weighted by Gasteiger charge is -2.08. The molecule has 25 heavy (non-hydrogen) atoms. The molecule has 2 aromatic carbocycles. The smallest absolute Gasteiger partial charge is 0.148 e. The Balaban J connectivity index is 1.96. The van der Waals surface area contributed by atoms with E-state index in [9.17, 15) is 5.26 Å². The van der Waals surface area contributed by atoms with Crippen LogP contribution in [0.2, 0.25) is 0 Å². The van der Waals surface area contributed by atoms with Crippen LogP contribution in [-0.2, 0) is 7.05 Å². The Labute approximate surface area is 146 Å². The van der Waals surface area contributed by atoms with E-state index in [2.05, 4.69) is 16.0 Å². The molecular weight excluding hydrogens is 316 g/mol. The number of ether oxygens (including phenoxy) is 2. The lowest BCUT2D eigenvalue weighted by atomic mass is 10.2. The van der Waals surface area contributed by atoms with Crippen LogP contribution in [0.4, 0.5) is 5.69 Å². The maximum atomic E-state index is 9.57. The van der Waals surface area contributed by atoms with Gasteiger partial charge in [0.05, 0.1) is 31.3 Å². The summed E-state index contributed by atoms with van der Waals surface area (Å²) in [4.78, 5) is 8.99. The summed E-state index contributed by atoms with van der Waals surface area (Å²) in [6.45, 7) is 0. The highest BCUT2D eigenvalue weighted by atomic mass is 16.5. The summed E-state index contributed by atoms with van der Waals surface area (Å²) in [5.41, 5.74) is 2.46. The molecule has 0 aliphatic heterocycles. The molecule has 0 aliphatic carbocycles. The molecule has 0 N–H and O–H groups in total. The lowest BCUT2D eigenvalue weighted by Crippen LogP contribution is -2.05. The summed E-state index contributed by atoms with van der Waals surface area (Å²) >= 11 is 0. The van der Waals surface area contributed by atoms with Crippen LogP contribution in [0, 0.1) is 11.3 Å². The summed E-state index contributed by atoms with van der Waals surface area (Å²) in [5.74, 6) is 1.35. The number of hydrogen-bond donors (Lipinski definition) is 0. The molecular formula is C19H18N4O2. The Morgan fingerprint density at radius 1 is 1.20 bits per heavy atom. The Kier molecular flexibility index (Phi) is 4.66. The standard InChI is InChI=1S/C19H18N4O2/c1-23-17-7-5-4-6-15(17)22-19(23)13(11-20)12-21-16-9-8-14(24-2)10-18(16)25-3/h4-10,12-13H,1-3H3. The first-order valence-electron chi connectivity index (χ1n) is 7.75. The Morgan fingerprint density at radius 3 is 2.68 bits per heavy atom. The third-order valence-corrected chi connectivity index (χ3v) is 3.99. The van der Waals surface area contributed by atoms with E-state index in [1.54, 1.807) is 38.6 Å². The van der Waals surface area contributed by atoms with Crippen LogP contribution in [0.5, 0.6) is 11.5 Å². The van der Waals surface area contributed by atoms with E-state index in [1.807, 2.05) is 35.9 Å². The van der Waals surface area contributed by atoms with Crippen molar-refractivity contribution in [3.8, 4) is 17.6 Å². The minimum absolute atomic E-state index is 0.566. The summed E-state index contributed by atoms with van der Waals surface area (Å²) in [6, 6.07) is 15.4. The van der Waals surface area contributed by atoms with Gasteiger partial charge in [-0.25, -0.2) is 4.98 Å². The molecule has 0 amide bonds. The van der Waals surface area contributed by atoms with Gasteiger partial charge in [0.1, 0.15) is 28.9 Å². The second kappa shape index (κ2) is 7.05. The predicted octanol–water partition coefficient (Wildman–Crippen LogP) is 3.60. The molecule has 126 valence electrons. The van der Waals surface area contributed by atoms with Crippen LogP contribution in [0.3, 0.4) is 0 Å². The number of hydrogen-bond acceptors (Lipinski definition) is 5. The number of para-hydroxylation sites is 2. The van der Waals surface area contributed by atoms with E-state index in [0.29, 0.717) is 23.0 Å². The predicted molar refractivity (Wildman–Crippen MR) is 96.8 cm³/mol. The van der Waals surface area contributed by atoms with E-state index < -0.39 is 5.92 Å². The Bertz CT molecular complexity index is 969. The lowest BCUT2D eigenvalue weighted by molar-refractivity contribution is 0.395. The van der Waals surface area contributed by atoms with Gasteiger partial charge in [-0.3, -0.25) is 4.99 Å². The second-order valence-electron chi connectivity index (χ2n) is 5.44. The summed E-state index contributed by atoms with van der Waals surface area (Å²) in [6.07, 6.45) is 1.59. The van der Waals surface area contributed by atoms with E-state index in [1.165, 1.54) is 0 Å². The van der Waals surface area contributed by atoms with Crippen molar-refractivity contribution in [1.29, 1.82) is 5.26 Å². The Hall–Kier alpha value is -3.33. The van der Waals surface area contributed by atoms with E-state index >= 15 is 0 Å². The number of methoxy groups -OCH3 is 2. The van der Waals surface area contributed by atoms with Gasteiger partial charge in [-0.1, -0.05) is 12.1 Å². The van der Waals surface area contributed by atoms with Crippen molar-refractivity contribution >= 4 is 22.9 Å². The minimum Gasteiger partial charge on any atom is -0.497 e. The zero-order chi connectivity index (χ0) is 17.8. The van der Waals surface area contributed by atoms with Gasteiger partial charge in [0, 0.05) is 19.3 Å². The van der Waals surface area contributed by atoms with Crippen molar-refractivity contribution in [2.45, 2.75) is 5.92 Å². The quantitative estimate of drug-likeness (QED) is 0.668. The van der Waals surface area contributed by atoms with Gasteiger partial charge in [-0.15, -0.1) is 0 Å². The molecule has 1 atom stereocenters. The molecule has 0 radical (unpaired) electrons. The van der Waals surface area contributed by atoms with Crippen molar-refractivity contribution < 1.29 is 9.47 Å². The molecule has 0 fully saturated rings. The number of fused-ring (bicyclic) bond motifs is 1. The van der Waals surface area contributed by atoms with Gasteiger partial charge in [-0.05, 0) is 24.3 Å². The van der Waals surface area contributed by atoms with E-state index in [4.69, 9.17) is 9.47 Å². The number of aryl methyl sites for hydroxylation is 1. The van der Waals surface area contributed by atoms with Crippen LogP contribution < -0.4 is 9.47 Å². The monoisotopic (exact) mass is 334 g/mol. The van der Waals surface area contributed by atoms with Crippen molar-refractivity contribution in [3.63, 3.8) is 0 Å². The minimum atomic E-state index is -0.566. The summed E-state index contributed by atoms with van der Waals surface area (Å²) < 4.78 is 12.4. The average molecular weight is 334 g/mol. The van der Waals surface area contributed by atoms with Gasteiger partial charge >= 0.3 is 0 Å². The first kappa shape index (κ1) is 16.5. The van der Waals surface area contributed by atoms with E-state index in [-0.39, 0.29) is 0 Å². The zero-order valence-electron chi connectivity index (χ0n) is 14.3. The van der Waals surface area contributed by atoms with Gasteiger partial charge < -0.3 is 14.0 Å². The molecule has 0 saturated heterocycles. The highest BCUT2D eigenvalue weighted by molar-refractivity contribution is 5.80.